The van der Waals surface area contributed by atoms with Crippen molar-refractivity contribution in [1.82, 2.24) is 14.1 Å². The fourth-order valence-electron chi connectivity index (χ4n) is 3.02. The van der Waals surface area contributed by atoms with Crippen molar-refractivity contribution in [2.75, 3.05) is 31.6 Å². The van der Waals surface area contributed by atoms with Crippen molar-refractivity contribution < 1.29 is 17.9 Å². The number of nitrogens with zero attached hydrogens (tertiary/aromatic N) is 3. The van der Waals surface area contributed by atoms with Crippen LogP contribution in [0.5, 0.6) is 0 Å². The van der Waals surface area contributed by atoms with Gasteiger partial charge in [0.1, 0.15) is 5.82 Å². The minimum absolute atomic E-state index is 0.165. The lowest BCUT2D eigenvalue weighted by Gasteiger charge is -2.26. The van der Waals surface area contributed by atoms with Gasteiger partial charge in [0.15, 0.2) is 0 Å². The number of carbonyl (C=O) groups is 1. The number of sulfonamides is 1. The molecule has 2 aromatic heterocycles. The molecule has 1 aliphatic heterocycles. The number of hydrogen-bond donors (Lipinski definition) is 1. The zero-order valence-corrected chi connectivity index (χ0v) is 17.2. The first-order valence-electron chi connectivity index (χ1n) is 9.07. The summed E-state index contributed by atoms with van der Waals surface area (Å²) < 4.78 is 33.7. The minimum Gasteiger partial charge on any atom is -0.379 e. The number of rotatable bonds is 6. The number of morpholine rings is 1. The summed E-state index contributed by atoms with van der Waals surface area (Å²) in [4.78, 5) is 13.9. The average Bonchev–Trinajstić information content (AvgIpc) is 3.41. The molecule has 29 heavy (non-hydrogen) atoms. The molecular weight excluding hydrogens is 412 g/mol. The van der Waals surface area contributed by atoms with E-state index >= 15 is 0 Å². The Balaban J connectivity index is 1.46. The van der Waals surface area contributed by atoms with Crippen LogP contribution in [0.3, 0.4) is 0 Å². The van der Waals surface area contributed by atoms with E-state index in [1.54, 1.807) is 28.3 Å². The summed E-state index contributed by atoms with van der Waals surface area (Å²) in [6.45, 7) is 2.01. The minimum atomic E-state index is -3.58. The van der Waals surface area contributed by atoms with Crippen molar-refractivity contribution in [3.63, 3.8) is 0 Å². The molecule has 0 atom stereocenters. The van der Waals surface area contributed by atoms with E-state index in [4.69, 9.17) is 4.74 Å². The second-order valence-corrected chi connectivity index (χ2v) is 9.42. The molecule has 0 aliphatic carbocycles. The standard InChI is InChI=1S/C19H20N4O4S2/c24-19(21-18-7-8-20-23(18)14-16-2-1-13-28-16)15-3-5-17(6-4-15)29(25,26)22-9-11-27-12-10-22/h1-8,13H,9-12,14H2,(H,21,24). The molecule has 152 valence electrons. The fourth-order valence-corrected chi connectivity index (χ4v) is 5.11. The maximum absolute atomic E-state index is 12.7. The maximum Gasteiger partial charge on any atom is 0.256 e. The molecule has 0 bridgehead atoms. The van der Waals surface area contributed by atoms with Crippen molar-refractivity contribution in [3.8, 4) is 0 Å². The van der Waals surface area contributed by atoms with E-state index in [2.05, 4.69) is 10.4 Å². The van der Waals surface area contributed by atoms with E-state index in [1.807, 2.05) is 17.5 Å². The Kier molecular flexibility index (Phi) is 5.76. The third-order valence-electron chi connectivity index (χ3n) is 4.57. The molecule has 0 unspecified atom stereocenters. The molecule has 1 fully saturated rings. The monoisotopic (exact) mass is 432 g/mol. The highest BCUT2D eigenvalue weighted by Crippen LogP contribution is 2.19. The van der Waals surface area contributed by atoms with E-state index < -0.39 is 10.0 Å². The number of ether oxygens (including phenoxy) is 1. The van der Waals surface area contributed by atoms with Gasteiger partial charge in [0.2, 0.25) is 10.0 Å². The Morgan fingerprint density at radius 3 is 2.59 bits per heavy atom. The van der Waals surface area contributed by atoms with Crippen molar-refractivity contribution in [2.45, 2.75) is 11.4 Å². The van der Waals surface area contributed by atoms with Gasteiger partial charge in [-0.2, -0.15) is 9.40 Å². The Morgan fingerprint density at radius 2 is 1.90 bits per heavy atom. The molecule has 1 N–H and O–H groups in total. The lowest BCUT2D eigenvalue weighted by molar-refractivity contribution is 0.0730. The Labute approximate surface area is 172 Å². The van der Waals surface area contributed by atoms with E-state index in [0.717, 1.165) is 4.88 Å². The van der Waals surface area contributed by atoms with Gasteiger partial charge in [-0.05, 0) is 35.7 Å². The van der Waals surface area contributed by atoms with Crippen LogP contribution in [0.15, 0.2) is 58.9 Å². The molecule has 4 rings (SSSR count). The highest BCUT2D eigenvalue weighted by Gasteiger charge is 2.26. The molecule has 0 saturated carbocycles. The Hall–Kier alpha value is -2.53. The molecule has 3 aromatic rings. The summed E-state index contributed by atoms with van der Waals surface area (Å²) >= 11 is 1.62. The van der Waals surface area contributed by atoms with Crippen LogP contribution in [0.25, 0.3) is 0 Å². The Bertz CT molecular complexity index is 1070. The number of aromatic nitrogens is 2. The predicted octanol–water partition coefficient (Wildman–Crippen LogP) is 2.27. The Morgan fingerprint density at radius 1 is 1.14 bits per heavy atom. The van der Waals surface area contributed by atoms with Crippen LogP contribution in [-0.2, 0) is 21.3 Å². The zero-order valence-electron chi connectivity index (χ0n) is 15.5. The van der Waals surface area contributed by atoms with Crippen molar-refractivity contribution in [2.24, 2.45) is 0 Å². The van der Waals surface area contributed by atoms with Crippen molar-refractivity contribution >= 4 is 33.1 Å². The van der Waals surface area contributed by atoms with Crippen LogP contribution in [0.1, 0.15) is 15.2 Å². The van der Waals surface area contributed by atoms with Gasteiger partial charge in [-0.3, -0.25) is 4.79 Å². The van der Waals surface area contributed by atoms with Gasteiger partial charge in [0.05, 0.1) is 30.9 Å². The SMILES string of the molecule is O=C(Nc1ccnn1Cc1cccs1)c1ccc(S(=O)(=O)N2CCOCC2)cc1. The smallest absolute Gasteiger partial charge is 0.256 e. The normalized spacial score (nSPS) is 15.3. The van der Waals surface area contributed by atoms with Crippen LogP contribution < -0.4 is 5.32 Å². The summed E-state index contributed by atoms with van der Waals surface area (Å²) in [5.74, 6) is 0.252. The summed E-state index contributed by atoms with van der Waals surface area (Å²) in [7, 11) is -3.58. The van der Waals surface area contributed by atoms with E-state index in [-0.39, 0.29) is 10.8 Å². The van der Waals surface area contributed by atoms with Gasteiger partial charge < -0.3 is 10.1 Å². The third-order valence-corrected chi connectivity index (χ3v) is 7.34. The van der Waals surface area contributed by atoms with Crippen LogP contribution in [0.2, 0.25) is 0 Å². The fraction of sp³-hybridized carbons (Fsp3) is 0.263. The van der Waals surface area contributed by atoms with Gasteiger partial charge >= 0.3 is 0 Å². The lowest BCUT2D eigenvalue weighted by Crippen LogP contribution is -2.40. The average molecular weight is 433 g/mol. The molecule has 0 radical (unpaired) electrons. The number of anilines is 1. The van der Waals surface area contributed by atoms with Crippen LogP contribution in [0.4, 0.5) is 5.82 Å². The summed E-state index contributed by atoms with van der Waals surface area (Å²) in [5, 5.41) is 9.07. The molecule has 3 heterocycles. The number of amides is 1. The van der Waals surface area contributed by atoms with Crippen LogP contribution >= 0.6 is 11.3 Å². The second-order valence-electron chi connectivity index (χ2n) is 6.45. The summed E-state index contributed by atoms with van der Waals surface area (Å²) in [6, 6.07) is 11.7. The van der Waals surface area contributed by atoms with E-state index in [0.29, 0.717) is 44.2 Å². The highest BCUT2D eigenvalue weighted by molar-refractivity contribution is 7.89. The number of hydrogen-bond acceptors (Lipinski definition) is 6. The van der Waals surface area contributed by atoms with Crippen LogP contribution in [-0.4, -0.2) is 54.7 Å². The van der Waals surface area contributed by atoms with E-state index in [9.17, 15) is 13.2 Å². The zero-order chi connectivity index (χ0) is 20.3. The van der Waals surface area contributed by atoms with Gasteiger partial charge in [-0.1, -0.05) is 6.07 Å². The van der Waals surface area contributed by atoms with E-state index in [1.165, 1.54) is 28.6 Å². The molecule has 8 nitrogen and oxygen atoms in total. The van der Waals surface area contributed by atoms with Gasteiger partial charge in [0, 0.05) is 29.6 Å². The molecule has 1 aliphatic rings. The first-order valence-corrected chi connectivity index (χ1v) is 11.4. The maximum atomic E-state index is 12.7. The molecule has 10 heteroatoms. The third kappa shape index (κ3) is 4.40. The number of thiophene rings is 1. The highest BCUT2D eigenvalue weighted by atomic mass is 32.2. The first-order chi connectivity index (χ1) is 14.0. The van der Waals surface area contributed by atoms with Gasteiger partial charge in [-0.25, -0.2) is 13.1 Å². The molecule has 1 aromatic carbocycles. The van der Waals surface area contributed by atoms with Crippen molar-refractivity contribution in [3.05, 3.63) is 64.5 Å². The topological polar surface area (TPSA) is 93.5 Å². The van der Waals surface area contributed by atoms with Gasteiger partial charge in [0.25, 0.3) is 5.91 Å². The number of benzene rings is 1. The predicted molar refractivity (Wildman–Crippen MR) is 110 cm³/mol. The first kappa shape index (κ1) is 19.8. The molecular formula is C19H20N4O4S2. The molecule has 1 saturated heterocycles. The summed E-state index contributed by atoms with van der Waals surface area (Å²) in [6.07, 6.45) is 1.63. The number of nitrogens with one attached hydrogen (secondary N) is 1. The second kappa shape index (κ2) is 8.46. The lowest BCUT2D eigenvalue weighted by atomic mass is 10.2. The number of carbonyl (C=O) groups excluding carboxylic acids is 1. The van der Waals surface area contributed by atoms with Crippen LogP contribution in [0, 0.1) is 0 Å². The van der Waals surface area contributed by atoms with Gasteiger partial charge in [-0.15, -0.1) is 11.3 Å². The summed E-state index contributed by atoms with van der Waals surface area (Å²) in [5.41, 5.74) is 0.370. The van der Waals surface area contributed by atoms with Crippen molar-refractivity contribution in [1.29, 1.82) is 0 Å². The quantitative estimate of drug-likeness (QED) is 0.645. The molecule has 1 amide bonds. The molecule has 0 spiro atoms. The largest absolute Gasteiger partial charge is 0.379 e.